The molecular formula is C16H23ClN2. The highest BCUT2D eigenvalue weighted by Crippen LogP contribution is 2.40. The molecule has 1 heterocycles. The lowest BCUT2D eigenvalue weighted by Crippen LogP contribution is -2.06. The van der Waals surface area contributed by atoms with Crippen LogP contribution in [0.25, 0.3) is 0 Å². The SMILES string of the molecule is CCC1CCC(c2nc(Cl)cc(C3CCCC3)n2)C1. The van der Waals surface area contributed by atoms with E-state index in [-0.39, 0.29) is 0 Å². The van der Waals surface area contributed by atoms with E-state index in [4.69, 9.17) is 16.6 Å². The summed E-state index contributed by atoms with van der Waals surface area (Å²) in [5.74, 6) is 3.05. The van der Waals surface area contributed by atoms with Crippen LogP contribution < -0.4 is 0 Å². The zero-order valence-corrected chi connectivity index (χ0v) is 12.5. The summed E-state index contributed by atoms with van der Waals surface area (Å²) >= 11 is 6.23. The molecule has 1 aromatic rings. The number of aromatic nitrogens is 2. The lowest BCUT2D eigenvalue weighted by Gasteiger charge is -2.14. The standard InChI is InChI=1S/C16H23ClN2/c1-2-11-7-8-13(9-11)16-18-14(10-15(17)19-16)12-5-3-4-6-12/h10-13H,2-9H2,1H3. The first kappa shape index (κ1) is 13.4. The molecule has 0 N–H and O–H groups in total. The van der Waals surface area contributed by atoms with Crippen molar-refractivity contribution < 1.29 is 0 Å². The van der Waals surface area contributed by atoms with E-state index in [1.165, 1.54) is 57.1 Å². The highest BCUT2D eigenvalue weighted by Gasteiger charge is 2.28. The van der Waals surface area contributed by atoms with Gasteiger partial charge in [0.05, 0.1) is 0 Å². The third-order valence-electron chi connectivity index (χ3n) is 4.99. The molecule has 0 spiro atoms. The van der Waals surface area contributed by atoms with Gasteiger partial charge in [0.15, 0.2) is 0 Å². The van der Waals surface area contributed by atoms with Gasteiger partial charge in [0.2, 0.25) is 0 Å². The van der Waals surface area contributed by atoms with E-state index < -0.39 is 0 Å². The van der Waals surface area contributed by atoms with Gasteiger partial charge in [-0.2, -0.15) is 0 Å². The third-order valence-corrected chi connectivity index (χ3v) is 5.18. The molecule has 0 radical (unpaired) electrons. The molecule has 0 saturated heterocycles. The molecule has 3 rings (SSSR count). The Bertz CT molecular complexity index is 440. The summed E-state index contributed by atoms with van der Waals surface area (Å²) in [6, 6.07) is 1.99. The van der Waals surface area contributed by atoms with Crippen molar-refractivity contribution in [1.29, 1.82) is 0 Å². The Labute approximate surface area is 121 Å². The summed E-state index contributed by atoms with van der Waals surface area (Å²) in [6.45, 7) is 2.29. The van der Waals surface area contributed by atoms with Crippen molar-refractivity contribution in [1.82, 2.24) is 9.97 Å². The molecule has 19 heavy (non-hydrogen) atoms. The molecule has 3 heteroatoms. The average Bonchev–Trinajstić information content (AvgIpc) is 3.09. The van der Waals surface area contributed by atoms with Crippen LogP contribution in [0.5, 0.6) is 0 Å². The first-order chi connectivity index (χ1) is 9.26. The Morgan fingerprint density at radius 3 is 2.58 bits per heavy atom. The minimum atomic E-state index is 0.545. The molecule has 0 aromatic carbocycles. The molecule has 2 fully saturated rings. The highest BCUT2D eigenvalue weighted by atomic mass is 35.5. The van der Waals surface area contributed by atoms with Gasteiger partial charge in [-0.25, -0.2) is 9.97 Å². The molecule has 2 aliphatic carbocycles. The molecule has 2 unspecified atom stereocenters. The van der Waals surface area contributed by atoms with Gasteiger partial charge in [-0.15, -0.1) is 0 Å². The average molecular weight is 279 g/mol. The number of halogens is 1. The minimum Gasteiger partial charge on any atom is -0.237 e. The molecule has 1 aromatic heterocycles. The molecule has 0 amide bonds. The van der Waals surface area contributed by atoms with Gasteiger partial charge >= 0.3 is 0 Å². The zero-order chi connectivity index (χ0) is 13.2. The normalized spacial score (nSPS) is 28.1. The topological polar surface area (TPSA) is 25.8 Å². The molecule has 0 aliphatic heterocycles. The molecule has 2 nitrogen and oxygen atoms in total. The van der Waals surface area contributed by atoms with Crippen molar-refractivity contribution in [3.05, 3.63) is 22.7 Å². The van der Waals surface area contributed by atoms with Crippen molar-refractivity contribution in [2.24, 2.45) is 5.92 Å². The van der Waals surface area contributed by atoms with Crippen LogP contribution in [-0.4, -0.2) is 9.97 Å². The Balaban J connectivity index is 1.81. The Kier molecular flexibility index (Phi) is 4.07. The van der Waals surface area contributed by atoms with Crippen molar-refractivity contribution in [2.75, 3.05) is 0 Å². The quantitative estimate of drug-likeness (QED) is 0.721. The summed E-state index contributed by atoms with van der Waals surface area (Å²) in [5.41, 5.74) is 1.20. The lowest BCUT2D eigenvalue weighted by molar-refractivity contribution is 0.515. The Morgan fingerprint density at radius 2 is 1.89 bits per heavy atom. The Hall–Kier alpha value is -0.630. The van der Waals surface area contributed by atoms with Crippen LogP contribution >= 0.6 is 11.6 Å². The van der Waals surface area contributed by atoms with Crippen LogP contribution in [-0.2, 0) is 0 Å². The molecule has 0 bridgehead atoms. The van der Waals surface area contributed by atoms with Gasteiger partial charge in [0.1, 0.15) is 11.0 Å². The predicted octanol–water partition coefficient (Wildman–Crippen LogP) is 5.08. The molecule has 104 valence electrons. The largest absolute Gasteiger partial charge is 0.237 e. The molecule has 2 saturated carbocycles. The smallest absolute Gasteiger partial charge is 0.133 e. The first-order valence-electron chi connectivity index (χ1n) is 7.80. The van der Waals surface area contributed by atoms with E-state index in [0.717, 1.165) is 11.7 Å². The number of hydrogen-bond acceptors (Lipinski definition) is 2. The maximum absolute atomic E-state index is 6.23. The second kappa shape index (κ2) is 5.78. The van der Waals surface area contributed by atoms with Crippen molar-refractivity contribution in [2.45, 2.75) is 70.1 Å². The van der Waals surface area contributed by atoms with Crippen LogP contribution in [0.3, 0.4) is 0 Å². The predicted molar refractivity (Wildman–Crippen MR) is 78.6 cm³/mol. The molecule has 2 aliphatic rings. The number of nitrogens with zero attached hydrogens (tertiary/aromatic N) is 2. The van der Waals surface area contributed by atoms with Crippen molar-refractivity contribution >= 4 is 11.6 Å². The van der Waals surface area contributed by atoms with E-state index in [1.807, 2.05) is 6.07 Å². The van der Waals surface area contributed by atoms with Crippen molar-refractivity contribution in [3.8, 4) is 0 Å². The monoisotopic (exact) mass is 278 g/mol. The Morgan fingerprint density at radius 1 is 1.11 bits per heavy atom. The maximum atomic E-state index is 6.23. The second-order valence-corrected chi connectivity index (χ2v) is 6.63. The number of hydrogen-bond donors (Lipinski definition) is 0. The zero-order valence-electron chi connectivity index (χ0n) is 11.7. The van der Waals surface area contributed by atoms with Crippen LogP contribution in [0.15, 0.2) is 6.07 Å². The summed E-state index contributed by atoms with van der Waals surface area (Å²) < 4.78 is 0. The lowest BCUT2D eigenvalue weighted by atomic mass is 10.0. The third kappa shape index (κ3) is 2.94. The van der Waals surface area contributed by atoms with Crippen LogP contribution in [0.1, 0.15) is 81.6 Å². The van der Waals surface area contributed by atoms with Gasteiger partial charge < -0.3 is 0 Å². The fourth-order valence-electron chi connectivity index (χ4n) is 3.75. The van der Waals surface area contributed by atoms with E-state index >= 15 is 0 Å². The van der Waals surface area contributed by atoms with Gasteiger partial charge in [-0.1, -0.05) is 37.8 Å². The molecule has 2 atom stereocenters. The van der Waals surface area contributed by atoms with E-state index in [1.54, 1.807) is 0 Å². The van der Waals surface area contributed by atoms with Gasteiger partial charge in [0.25, 0.3) is 0 Å². The van der Waals surface area contributed by atoms with E-state index in [2.05, 4.69) is 11.9 Å². The number of rotatable bonds is 3. The fourth-order valence-corrected chi connectivity index (χ4v) is 3.95. The highest BCUT2D eigenvalue weighted by molar-refractivity contribution is 6.29. The van der Waals surface area contributed by atoms with Crippen molar-refractivity contribution in [3.63, 3.8) is 0 Å². The van der Waals surface area contributed by atoms with E-state index in [0.29, 0.717) is 17.0 Å². The summed E-state index contributed by atoms with van der Waals surface area (Å²) in [4.78, 5) is 9.38. The van der Waals surface area contributed by atoms with Crippen LogP contribution in [0.2, 0.25) is 5.15 Å². The first-order valence-corrected chi connectivity index (χ1v) is 8.18. The van der Waals surface area contributed by atoms with Gasteiger partial charge in [-0.05, 0) is 44.1 Å². The molecular weight excluding hydrogens is 256 g/mol. The van der Waals surface area contributed by atoms with E-state index in [9.17, 15) is 0 Å². The summed E-state index contributed by atoms with van der Waals surface area (Å²) in [5, 5.41) is 0.645. The van der Waals surface area contributed by atoms with Crippen LogP contribution in [0.4, 0.5) is 0 Å². The van der Waals surface area contributed by atoms with Crippen LogP contribution in [0, 0.1) is 5.92 Å². The minimum absolute atomic E-state index is 0.545. The maximum Gasteiger partial charge on any atom is 0.133 e. The van der Waals surface area contributed by atoms with Gasteiger partial charge in [-0.3, -0.25) is 0 Å². The summed E-state index contributed by atoms with van der Waals surface area (Å²) in [7, 11) is 0. The second-order valence-electron chi connectivity index (χ2n) is 6.24. The summed E-state index contributed by atoms with van der Waals surface area (Å²) in [6.07, 6.45) is 10.3. The van der Waals surface area contributed by atoms with Gasteiger partial charge in [0, 0.05) is 17.5 Å². The fraction of sp³-hybridized carbons (Fsp3) is 0.750.